The second kappa shape index (κ2) is 8.35. The molecule has 0 saturated carbocycles. The molecule has 156 valence electrons. The molecule has 3 heteroatoms. The molecular weight excluding hydrogens is 390 g/mol. The fraction of sp³-hybridized carbons (Fsp3) is 0.333. The number of fused-ring (bicyclic) bond motifs is 1. The number of hydrogen-bond acceptors (Lipinski definition) is 2. The van der Waals surface area contributed by atoms with Crippen molar-refractivity contribution in [2.75, 3.05) is 12.4 Å². The monoisotopic (exact) mass is 419 g/mol. The van der Waals surface area contributed by atoms with Crippen molar-refractivity contribution in [1.82, 2.24) is 0 Å². The van der Waals surface area contributed by atoms with Gasteiger partial charge in [-0.15, -0.1) is 0 Å². The van der Waals surface area contributed by atoms with Crippen molar-refractivity contribution >= 4 is 17.3 Å². The molecule has 0 spiro atoms. The molecule has 0 radical (unpaired) electrons. The Bertz CT molecular complexity index is 1030. The Kier molecular flexibility index (Phi) is 5.79. The zero-order chi connectivity index (χ0) is 21.3. The Labute approximate surface area is 185 Å². The maximum Gasteiger partial charge on any atom is 0.119 e. The molecule has 1 N–H and O–H groups in total. The van der Waals surface area contributed by atoms with Crippen LogP contribution < -0.4 is 10.1 Å². The van der Waals surface area contributed by atoms with E-state index in [1.54, 1.807) is 7.11 Å². The molecule has 3 aromatic carbocycles. The van der Waals surface area contributed by atoms with Gasteiger partial charge in [0.1, 0.15) is 5.75 Å². The number of methoxy groups -OCH3 is 1. The van der Waals surface area contributed by atoms with Crippen molar-refractivity contribution in [3.63, 3.8) is 0 Å². The molecule has 0 saturated heterocycles. The van der Waals surface area contributed by atoms with Crippen molar-refractivity contribution in [3.05, 3.63) is 94.0 Å². The first-order valence-corrected chi connectivity index (χ1v) is 11.1. The van der Waals surface area contributed by atoms with E-state index in [0.717, 1.165) is 29.2 Å². The van der Waals surface area contributed by atoms with E-state index in [9.17, 15) is 0 Å². The fourth-order valence-corrected chi connectivity index (χ4v) is 4.99. The van der Waals surface area contributed by atoms with Crippen LogP contribution in [0.5, 0.6) is 5.75 Å². The van der Waals surface area contributed by atoms with Gasteiger partial charge in [0, 0.05) is 22.2 Å². The number of nitrogens with one attached hydrogen (secondary N) is 1. The summed E-state index contributed by atoms with van der Waals surface area (Å²) in [6.45, 7) is 6.82. The van der Waals surface area contributed by atoms with E-state index in [2.05, 4.69) is 74.6 Å². The predicted octanol–water partition coefficient (Wildman–Crippen LogP) is 7.11. The normalized spacial score (nSPS) is 20.1. The third kappa shape index (κ3) is 4.06. The molecule has 0 fully saturated rings. The number of benzene rings is 3. The summed E-state index contributed by atoms with van der Waals surface area (Å²) in [5.41, 5.74) is 6.12. The van der Waals surface area contributed by atoms with Gasteiger partial charge in [0.15, 0.2) is 0 Å². The van der Waals surface area contributed by atoms with Gasteiger partial charge in [0.25, 0.3) is 0 Å². The van der Waals surface area contributed by atoms with Crippen LogP contribution in [0.1, 0.15) is 48.9 Å². The largest absolute Gasteiger partial charge is 0.497 e. The van der Waals surface area contributed by atoms with Crippen molar-refractivity contribution < 1.29 is 4.74 Å². The van der Waals surface area contributed by atoms with E-state index >= 15 is 0 Å². The van der Waals surface area contributed by atoms with Crippen LogP contribution in [0.25, 0.3) is 0 Å². The van der Waals surface area contributed by atoms with Crippen LogP contribution in [-0.4, -0.2) is 12.6 Å². The summed E-state index contributed by atoms with van der Waals surface area (Å²) in [5.74, 6) is 1.74. The zero-order valence-electron chi connectivity index (χ0n) is 18.2. The topological polar surface area (TPSA) is 21.3 Å². The summed E-state index contributed by atoms with van der Waals surface area (Å²) in [5, 5.41) is 4.64. The maximum absolute atomic E-state index is 6.54. The Balaban J connectivity index is 1.77. The van der Waals surface area contributed by atoms with Crippen LogP contribution in [0, 0.1) is 5.92 Å². The van der Waals surface area contributed by atoms with Gasteiger partial charge in [-0.1, -0.05) is 67.9 Å². The lowest BCUT2D eigenvalue weighted by molar-refractivity contribution is 0.413. The van der Waals surface area contributed by atoms with Crippen molar-refractivity contribution in [3.8, 4) is 5.75 Å². The SMILES string of the molecule is COc1ccc2c(c1)C(c1ccc(CC(C)C)cc1)C(C)(Cc1ccccc1Cl)N2. The van der Waals surface area contributed by atoms with Gasteiger partial charge in [-0.05, 0) is 72.2 Å². The van der Waals surface area contributed by atoms with Crippen LogP contribution in [0.3, 0.4) is 0 Å². The number of anilines is 1. The van der Waals surface area contributed by atoms with Crippen LogP contribution in [0.2, 0.25) is 5.02 Å². The third-order valence-corrected chi connectivity index (χ3v) is 6.47. The first-order valence-electron chi connectivity index (χ1n) is 10.7. The highest BCUT2D eigenvalue weighted by Crippen LogP contribution is 2.49. The Morgan fingerprint density at radius 3 is 2.43 bits per heavy atom. The van der Waals surface area contributed by atoms with Gasteiger partial charge >= 0.3 is 0 Å². The number of halogens is 1. The first kappa shape index (κ1) is 20.8. The van der Waals surface area contributed by atoms with Gasteiger partial charge in [-0.3, -0.25) is 0 Å². The van der Waals surface area contributed by atoms with E-state index in [1.807, 2.05) is 18.2 Å². The zero-order valence-corrected chi connectivity index (χ0v) is 19.0. The number of hydrogen-bond donors (Lipinski definition) is 1. The summed E-state index contributed by atoms with van der Waals surface area (Å²) in [6.07, 6.45) is 1.94. The predicted molar refractivity (Wildman–Crippen MR) is 127 cm³/mol. The lowest BCUT2D eigenvalue weighted by Crippen LogP contribution is -2.39. The smallest absolute Gasteiger partial charge is 0.119 e. The molecular formula is C27H30ClNO. The van der Waals surface area contributed by atoms with Crippen molar-refractivity contribution in [2.45, 2.75) is 45.1 Å². The standard InChI is InChI=1S/C27H30ClNO/c1-18(2)15-19-9-11-20(12-10-19)26-23-16-22(30-4)13-14-25(23)29-27(26,3)17-21-7-5-6-8-24(21)28/h5-14,16,18,26,29H,15,17H2,1-4H3. The van der Waals surface area contributed by atoms with Crippen LogP contribution >= 0.6 is 11.6 Å². The van der Waals surface area contributed by atoms with Gasteiger partial charge < -0.3 is 10.1 Å². The number of ether oxygens (including phenoxy) is 1. The Hall–Kier alpha value is -2.45. The summed E-state index contributed by atoms with van der Waals surface area (Å²) >= 11 is 6.54. The molecule has 1 aliphatic heterocycles. The lowest BCUT2D eigenvalue weighted by atomic mass is 9.75. The fourth-order valence-electron chi connectivity index (χ4n) is 4.79. The Morgan fingerprint density at radius 1 is 1.03 bits per heavy atom. The highest BCUT2D eigenvalue weighted by molar-refractivity contribution is 6.31. The molecule has 2 nitrogen and oxygen atoms in total. The minimum Gasteiger partial charge on any atom is -0.497 e. The summed E-state index contributed by atoms with van der Waals surface area (Å²) < 4.78 is 5.54. The van der Waals surface area contributed by atoms with Gasteiger partial charge in [0.05, 0.1) is 7.11 Å². The molecule has 0 aliphatic carbocycles. The molecule has 3 aromatic rings. The third-order valence-electron chi connectivity index (χ3n) is 6.10. The van der Waals surface area contributed by atoms with Crippen molar-refractivity contribution in [2.24, 2.45) is 5.92 Å². The summed E-state index contributed by atoms with van der Waals surface area (Å²) in [4.78, 5) is 0. The van der Waals surface area contributed by atoms with Gasteiger partial charge in [0.2, 0.25) is 0 Å². The van der Waals surface area contributed by atoms with Gasteiger partial charge in [-0.2, -0.15) is 0 Å². The first-order chi connectivity index (χ1) is 14.4. The van der Waals surface area contributed by atoms with E-state index in [4.69, 9.17) is 16.3 Å². The minimum absolute atomic E-state index is 0.195. The molecule has 30 heavy (non-hydrogen) atoms. The molecule has 0 aromatic heterocycles. The Morgan fingerprint density at radius 2 is 1.77 bits per heavy atom. The number of rotatable bonds is 6. The van der Waals surface area contributed by atoms with E-state index in [1.165, 1.54) is 22.4 Å². The molecule has 2 unspecified atom stereocenters. The maximum atomic E-state index is 6.54. The molecule has 4 rings (SSSR count). The van der Waals surface area contributed by atoms with Crippen LogP contribution in [-0.2, 0) is 12.8 Å². The van der Waals surface area contributed by atoms with Crippen LogP contribution in [0.15, 0.2) is 66.7 Å². The minimum atomic E-state index is -0.195. The summed E-state index contributed by atoms with van der Waals surface area (Å²) in [7, 11) is 1.72. The van der Waals surface area contributed by atoms with Gasteiger partial charge in [-0.25, -0.2) is 0 Å². The second-order valence-electron chi connectivity index (χ2n) is 9.04. The molecule has 1 aliphatic rings. The van der Waals surface area contributed by atoms with E-state index in [-0.39, 0.29) is 11.5 Å². The van der Waals surface area contributed by atoms with E-state index in [0.29, 0.717) is 5.92 Å². The average Bonchev–Trinajstić information content (AvgIpc) is 3.01. The molecule has 0 bridgehead atoms. The molecule has 2 atom stereocenters. The lowest BCUT2D eigenvalue weighted by Gasteiger charge is -2.33. The quantitative estimate of drug-likeness (QED) is 0.459. The highest BCUT2D eigenvalue weighted by atomic mass is 35.5. The molecule has 0 amide bonds. The highest BCUT2D eigenvalue weighted by Gasteiger charge is 2.43. The van der Waals surface area contributed by atoms with Crippen LogP contribution in [0.4, 0.5) is 5.69 Å². The second-order valence-corrected chi connectivity index (χ2v) is 9.44. The van der Waals surface area contributed by atoms with E-state index < -0.39 is 0 Å². The molecule has 1 heterocycles. The van der Waals surface area contributed by atoms with Crippen molar-refractivity contribution in [1.29, 1.82) is 0 Å². The average molecular weight is 420 g/mol. The summed E-state index contributed by atoms with van der Waals surface area (Å²) in [6, 6.07) is 23.6.